The summed E-state index contributed by atoms with van der Waals surface area (Å²) in [7, 11) is 0. The van der Waals surface area contributed by atoms with E-state index in [1.807, 2.05) is 13.8 Å². The van der Waals surface area contributed by atoms with Crippen molar-refractivity contribution >= 4 is 11.8 Å². The van der Waals surface area contributed by atoms with Crippen LogP contribution in [0.5, 0.6) is 0 Å². The number of aromatic nitrogens is 2. The van der Waals surface area contributed by atoms with Crippen LogP contribution in [-0.4, -0.2) is 39.6 Å². The normalized spacial score (nSPS) is 15.7. The second-order valence-electron chi connectivity index (χ2n) is 6.95. The number of likely N-dealkylation sites (tertiary alicyclic amines) is 1. The highest BCUT2D eigenvalue weighted by atomic mass is 19.1. The van der Waals surface area contributed by atoms with Crippen LogP contribution in [0.1, 0.15) is 49.9 Å². The zero-order valence-electron chi connectivity index (χ0n) is 15.7. The summed E-state index contributed by atoms with van der Waals surface area (Å²) >= 11 is 0. The number of nitrogens with one attached hydrogen (secondary N) is 1. The maximum Gasteiger partial charge on any atom is 0.222 e. The highest BCUT2D eigenvalue weighted by Crippen LogP contribution is 2.20. The molecule has 0 spiro atoms. The van der Waals surface area contributed by atoms with E-state index in [-0.39, 0.29) is 30.1 Å². The predicted octanol–water partition coefficient (Wildman–Crippen LogP) is 2.90. The first-order valence-electron chi connectivity index (χ1n) is 9.33. The summed E-state index contributed by atoms with van der Waals surface area (Å²) in [5.74, 6) is -0.286. The van der Waals surface area contributed by atoms with Crippen LogP contribution in [0.2, 0.25) is 0 Å². The van der Waals surface area contributed by atoms with Crippen molar-refractivity contribution in [3.63, 3.8) is 0 Å². The summed E-state index contributed by atoms with van der Waals surface area (Å²) in [4.78, 5) is 25.9. The minimum atomic E-state index is -0.322. The van der Waals surface area contributed by atoms with Crippen molar-refractivity contribution in [2.45, 2.75) is 45.6 Å². The molecule has 0 radical (unpaired) electrons. The number of halogens is 1. The number of rotatable bonds is 6. The molecule has 6 nitrogen and oxygen atoms in total. The van der Waals surface area contributed by atoms with E-state index >= 15 is 0 Å². The molecule has 7 heteroatoms. The van der Waals surface area contributed by atoms with Gasteiger partial charge in [-0.05, 0) is 44.9 Å². The van der Waals surface area contributed by atoms with Gasteiger partial charge in [-0.2, -0.15) is 5.10 Å². The van der Waals surface area contributed by atoms with E-state index < -0.39 is 0 Å². The molecule has 27 heavy (non-hydrogen) atoms. The summed E-state index contributed by atoms with van der Waals surface area (Å²) in [6.45, 7) is 4.98. The van der Waals surface area contributed by atoms with Crippen molar-refractivity contribution in [3.8, 4) is 5.69 Å². The Labute approximate surface area is 158 Å². The second kappa shape index (κ2) is 8.33. The minimum Gasteiger partial charge on any atom is -0.349 e. The number of carbonyl (C=O) groups excluding carboxylic acids is 2. The van der Waals surface area contributed by atoms with Crippen LogP contribution >= 0.6 is 0 Å². The fourth-order valence-corrected chi connectivity index (χ4v) is 3.44. The molecule has 1 aromatic carbocycles. The molecule has 0 unspecified atom stereocenters. The van der Waals surface area contributed by atoms with Crippen LogP contribution in [0.4, 0.5) is 4.39 Å². The molecule has 3 rings (SSSR count). The third-order valence-electron chi connectivity index (χ3n) is 4.97. The van der Waals surface area contributed by atoms with Crippen LogP contribution in [0, 0.1) is 12.7 Å². The Morgan fingerprint density at radius 1 is 1.37 bits per heavy atom. The van der Waals surface area contributed by atoms with Gasteiger partial charge in [0.25, 0.3) is 0 Å². The van der Waals surface area contributed by atoms with Crippen molar-refractivity contribution in [3.05, 3.63) is 47.5 Å². The number of hydrogen-bond donors (Lipinski definition) is 1. The Kier molecular flexibility index (Phi) is 5.88. The molecular weight excluding hydrogens is 347 g/mol. The van der Waals surface area contributed by atoms with Crippen molar-refractivity contribution in [2.24, 2.45) is 0 Å². The van der Waals surface area contributed by atoms with E-state index in [4.69, 9.17) is 0 Å². The Hall–Kier alpha value is -2.70. The quantitative estimate of drug-likeness (QED) is 0.848. The van der Waals surface area contributed by atoms with Gasteiger partial charge in [0.05, 0.1) is 17.9 Å². The maximum atomic E-state index is 13.5. The highest BCUT2D eigenvalue weighted by Gasteiger charge is 2.20. The van der Waals surface area contributed by atoms with Crippen LogP contribution in [-0.2, 0) is 9.59 Å². The van der Waals surface area contributed by atoms with Crippen LogP contribution < -0.4 is 5.32 Å². The number of piperidine rings is 1. The molecule has 1 aromatic heterocycles. The number of amides is 2. The lowest BCUT2D eigenvalue weighted by molar-refractivity contribution is -0.133. The molecule has 2 aromatic rings. The first-order chi connectivity index (χ1) is 13.0. The molecule has 1 saturated heterocycles. The van der Waals surface area contributed by atoms with Gasteiger partial charge < -0.3 is 10.2 Å². The van der Waals surface area contributed by atoms with Crippen molar-refractivity contribution in [2.75, 3.05) is 13.1 Å². The Bertz CT molecular complexity index is 833. The largest absolute Gasteiger partial charge is 0.349 e. The van der Waals surface area contributed by atoms with Gasteiger partial charge in [-0.3, -0.25) is 9.59 Å². The molecule has 0 bridgehead atoms. The average Bonchev–Trinajstić information content (AvgIpc) is 3.02. The number of hydrogen-bond acceptors (Lipinski definition) is 3. The van der Waals surface area contributed by atoms with E-state index in [9.17, 15) is 14.0 Å². The fraction of sp³-hybridized carbons (Fsp3) is 0.450. The molecule has 1 N–H and O–H groups in total. The van der Waals surface area contributed by atoms with Gasteiger partial charge in [0.1, 0.15) is 5.82 Å². The smallest absolute Gasteiger partial charge is 0.222 e. The number of nitrogens with zero attached hydrogens (tertiary/aromatic N) is 3. The first-order valence-corrected chi connectivity index (χ1v) is 9.33. The molecule has 1 aliphatic rings. The zero-order chi connectivity index (χ0) is 19.4. The van der Waals surface area contributed by atoms with Crippen molar-refractivity contribution in [1.29, 1.82) is 0 Å². The molecule has 0 aliphatic carbocycles. The Morgan fingerprint density at radius 3 is 2.93 bits per heavy atom. The number of carbonyl (C=O) groups is 2. The van der Waals surface area contributed by atoms with Gasteiger partial charge in [0.2, 0.25) is 11.8 Å². The third-order valence-corrected chi connectivity index (χ3v) is 4.97. The van der Waals surface area contributed by atoms with Gasteiger partial charge in [0, 0.05) is 37.2 Å². The van der Waals surface area contributed by atoms with Crippen LogP contribution in [0.25, 0.3) is 5.69 Å². The summed E-state index contributed by atoms with van der Waals surface area (Å²) in [6, 6.07) is 6.00. The highest BCUT2D eigenvalue weighted by molar-refractivity contribution is 5.79. The second-order valence-corrected chi connectivity index (χ2v) is 6.95. The first kappa shape index (κ1) is 19.1. The molecule has 2 heterocycles. The standard InChI is InChI=1S/C20H25FN4O2/c1-14(23-19(26)9-11-24-10-4-3-8-20(24)27)18-13-22-25(15(18)2)17-7-5-6-16(21)12-17/h5-7,12-14H,3-4,8-11H2,1-2H3,(H,23,26)/t14-/m1/s1. The Morgan fingerprint density at radius 2 is 2.19 bits per heavy atom. The van der Waals surface area contributed by atoms with Gasteiger partial charge in [0.15, 0.2) is 0 Å². The van der Waals surface area contributed by atoms with Gasteiger partial charge in [-0.1, -0.05) is 6.07 Å². The lowest BCUT2D eigenvalue weighted by atomic mass is 10.1. The predicted molar refractivity (Wildman–Crippen MR) is 99.9 cm³/mol. The van der Waals surface area contributed by atoms with Crippen LogP contribution in [0.15, 0.2) is 30.5 Å². The zero-order valence-corrected chi connectivity index (χ0v) is 15.7. The Balaban J connectivity index is 1.60. The SMILES string of the molecule is Cc1c([C@@H](C)NC(=O)CCN2CCCCC2=O)cnn1-c1cccc(F)c1. The number of benzene rings is 1. The van der Waals surface area contributed by atoms with Gasteiger partial charge in [-0.25, -0.2) is 9.07 Å². The lowest BCUT2D eigenvalue weighted by Crippen LogP contribution is -2.38. The van der Waals surface area contributed by atoms with Crippen molar-refractivity contribution in [1.82, 2.24) is 20.0 Å². The summed E-state index contributed by atoms with van der Waals surface area (Å²) in [5, 5.41) is 7.29. The topological polar surface area (TPSA) is 67.2 Å². The molecule has 0 saturated carbocycles. The van der Waals surface area contributed by atoms with E-state index in [1.54, 1.807) is 27.9 Å². The molecule has 1 atom stereocenters. The van der Waals surface area contributed by atoms with E-state index in [0.717, 1.165) is 30.6 Å². The molecule has 1 aliphatic heterocycles. The maximum absolute atomic E-state index is 13.5. The van der Waals surface area contributed by atoms with Crippen LogP contribution in [0.3, 0.4) is 0 Å². The monoisotopic (exact) mass is 372 g/mol. The fourth-order valence-electron chi connectivity index (χ4n) is 3.44. The lowest BCUT2D eigenvalue weighted by Gasteiger charge is -2.26. The molecule has 2 amide bonds. The third kappa shape index (κ3) is 4.53. The van der Waals surface area contributed by atoms with E-state index in [2.05, 4.69) is 10.4 Å². The summed E-state index contributed by atoms with van der Waals surface area (Å²) < 4.78 is 15.1. The minimum absolute atomic E-state index is 0.0984. The van der Waals surface area contributed by atoms with E-state index in [0.29, 0.717) is 18.7 Å². The molecule has 144 valence electrons. The average molecular weight is 372 g/mol. The van der Waals surface area contributed by atoms with Gasteiger partial charge >= 0.3 is 0 Å². The van der Waals surface area contributed by atoms with E-state index in [1.165, 1.54) is 12.1 Å². The summed E-state index contributed by atoms with van der Waals surface area (Å²) in [5.41, 5.74) is 2.36. The molecular formula is C20H25FN4O2. The van der Waals surface area contributed by atoms with Gasteiger partial charge in [-0.15, -0.1) is 0 Å². The van der Waals surface area contributed by atoms with Crippen molar-refractivity contribution < 1.29 is 14.0 Å². The molecule has 1 fully saturated rings. The summed E-state index contributed by atoms with van der Waals surface area (Å²) in [6.07, 6.45) is 4.50.